The fourth-order valence-electron chi connectivity index (χ4n) is 2.24. The number of benzene rings is 2. The number of rotatable bonds is 5. The lowest BCUT2D eigenvalue weighted by Crippen LogP contribution is -2.34. The van der Waals surface area contributed by atoms with Crippen molar-refractivity contribution in [3.63, 3.8) is 0 Å². The van der Waals surface area contributed by atoms with E-state index < -0.39 is 0 Å². The van der Waals surface area contributed by atoms with Gasteiger partial charge in [0.25, 0.3) is 0 Å². The first-order valence-electron chi connectivity index (χ1n) is 6.89. The first-order valence-corrected chi connectivity index (χ1v) is 6.89. The van der Waals surface area contributed by atoms with Gasteiger partial charge in [-0.2, -0.15) is 5.26 Å². The van der Waals surface area contributed by atoms with E-state index >= 15 is 0 Å². The van der Waals surface area contributed by atoms with E-state index in [1.165, 1.54) is 0 Å². The number of hydrogen-bond acceptors (Lipinski definition) is 2. The summed E-state index contributed by atoms with van der Waals surface area (Å²) >= 11 is 0. The van der Waals surface area contributed by atoms with Crippen molar-refractivity contribution in [2.75, 3.05) is 0 Å². The smallest absolute Gasteiger partial charge is 0.225 e. The Balaban J connectivity index is 2.04. The van der Waals surface area contributed by atoms with E-state index in [1.54, 1.807) is 0 Å². The molecular formula is C17H18N2O. The molecule has 0 saturated carbocycles. The maximum atomic E-state index is 11.9. The second-order valence-corrected chi connectivity index (χ2v) is 4.90. The molecule has 20 heavy (non-hydrogen) atoms. The van der Waals surface area contributed by atoms with Crippen LogP contribution in [0.3, 0.4) is 0 Å². The zero-order valence-electron chi connectivity index (χ0n) is 11.6. The van der Waals surface area contributed by atoms with Crippen LogP contribution in [0, 0.1) is 11.3 Å². The molecule has 1 N–H and O–H groups in total. The number of nitriles is 1. The molecule has 2 rings (SSSR count). The lowest BCUT2D eigenvalue weighted by atomic mass is 10.0. The number of nitrogens with zero attached hydrogens (tertiary/aromatic N) is 1. The Bertz CT molecular complexity index is 643. The van der Waals surface area contributed by atoms with Crippen LogP contribution in [-0.2, 0) is 11.2 Å². The molecule has 0 aliphatic carbocycles. The lowest BCUT2D eigenvalue weighted by molar-refractivity contribution is -0.120. The van der Waals surface area contributed by atoms with E-state index in [1.807, 2.05) is 49.4 Å². The van der Waals surface area contributed by atoms with Crippen molar-refractivity contribution >= 4 is 16.7 Å². The van der Waals surface area contributed by atoms with Crippen molar-refractivity contribution in [1.82, 2.24) is 5.32 Å². The SMILES string of the molecule is CCCC(C#N)NC(=O)Cc1ccc2ccccc2c1. The van der Waals surface area contributed by atoms with Crippen LogP contribution in [0.5, 0.6) is 0 Å². The van der Waals surface area contributed by atoms with Gasteiger partial charge < -0.3 is 5.32 Å². The van der Waals surface area contributed by atoms with E-state index in [4.69, 9.17) is 5.26 Å². The largest absolute Gasteiger partial charge is 0.340 e. The molecule has 0 saturated heterocycles. The highest BCUT2D eigenvalue weighted by atomic mass is 16.1. The van der Waals surface area contributed by atoms with Crippen LogP contribution in [0.2, 0.25) is 0 Å². The average Bonchev–Trinajstić information content (AvgIpc) is 2.46. The van der Waals surface area contributed by atoms with Crippen molar-refractivity contribution in [2.24, 2.45) is 0 Å². The van der Waals surface area contributed by atoms with Gasteiger partial charge in [0.1, 0.15) is 6.04 Å². The molecule has 102 valence electrons. The molecule has 1 atom stereocenters. The molecule has 3 nitrogen and oxygen atoms in total. The molecule has 0 aliphatic rings. The molecule has 1 amide bonds. The van der Waals surface area contributed by atoms with Gasteiger partial charge in [-0.1, -0.05) is 55.8 Å². The summed E-state index contributed by atoms with van der Waals surface area (Å²) in [6.45, 7) is 2.00. The topological polar surface area (TPSA) is 52.9 Å². The average molecular weight is 266 g/mol. The van der Waals surface area contributed by atoms with E-state index in [-0.39, 0.29) is 11.9 Å². The molecule has 2 aromatic carbocycles. The van der Waals surface area contributed by atoms with Crippen molar-refractivity contribution in [2.45, 2.75) is 32.2 Å². The highest BCUT2D eigenvalue weighted by Gasteiger charge is 2.10. The van der Waals surface area contributed by atoms with E-state index in [0.29, 0.717) is 12.8 Å². The fourth-order valence-corrected chi connectivity index (χ4v) is 2.24. The quantitative estimate of drug-likeness (QED) is 0.903. The van der Waals surface area contributed by atoms with Gasteiger partial charge in [-0.3, -0.25) is 4.79 Å². The van der Waals surface area contributed by atoms with Crippen LogP contribution < -0.4 is 5.32 Å². The normalized spacial score (nSPS) is 11.8. The van der Waals surface area contributed by atoms with Crippen LogP contribution in [-0.4, -0.2) is 11.9 Å². The summed E-state index contributed by atoms with van der Waals surface area (Å²) < 4.78 is 0. The lowest BCUT2D eigenvalue weighted by Gasteiger charge is -2.10. The highest BCUT2D eigenvalue weighted by Crippen LogP contribution is 2.16. The standard InChI is InChI=1S/C17H18N2O/c1-2-5-16(12-18)19-17(20)11-13-8-9-14-6-3-4-7-15(14)10-13/h3-4,6-10,16H,2,5,11H2,1H3,(H,19,20). The summed E-state index contributed by atoms with van der Waals surface area (Å²) in [6, 6.07) is 15.8. The van der Waals surface area contributed by atoms with Gasteiger partial charge in [0.2, 0.25) is 5.91 Å². The minimum absolute atomic E-state index is 0.0970. The van der Waals surface area contributed by atoms with Gasteiger partial charge in [0.05, 0.1) is 12.5 Å². The Morgan fingerprint density at radius 3 is 2.70 bits per heavy atom. The third-order valence-corrected chi connectivity index (χ3v) is 3.25. The second-order valence-electron chi connectivity index (χ2n) is 4.90. The molecule has 1 unspecified atom stereocenters. The molecular weight excluding hydrogens is 248 g/mol. The molecule has 0 aromatic heterocycles. The highest BCUT2D eigenvalue weighted by molar-refractivity contribution is 5.85. The maximum absolute atomic E-state index is 11.9. The molecule has 0 bridgehead atoms. The Kier molecular flexibility index (Phi) is 4.73. The van der Waals surface area contributed by atoms with Crippen LogP contribution in [0.4, 0.5) is 0 Å². The molecule has 0 radical (unpaired) electrons. The molecule has 0 heterocycles. The van der Waals surface area contributed by atoms with E-state index in [2.05, 4.69) is 11.4 Å². The first-order chi connectivity index (χ1) is 9.72. The second kappa shape index (κ2) is 6.72. The van der Waals surface area contributed by atoms with Gasteiger partial charge in [0.15, 0.2) is 0 Å². The Labute approximate surface area is 119 Å². The number of hydrogen-bond donors (Lipinski definition) is 1. The van der Waals surface area contributed by atoms with Crippen LogP contribution in [0.1, 0.15) is 25.3 Å². The Hall–Kier alpha value is -2.34. The molecule has 0 spiro atoms. The fraction of sp³-hybridized carbons (Fsp3) is 0.294. The summed E-state index contributed by atoms with van der Waals surface area (Å²) in [7, 11) is 0. The van der Waals surface area contributed by atoms with Gasteiger partial charge in [-0.25, -0.2) is 0 Å². The third-order valence-electron chi connectivity index (χ3n) is 3.25. The number of amides is 1. The van der Waals surface area contributed by atoms with Crippen molar-refractivity contribution in [3.8, 4) is 6.07 Å². The Morgan fingerprint density at radius 2 is 2.00 bits per heavy atom. The van der Waals surface area contributed by atoms with Crippen LogP contribution in [0.15, 0.2) is 42.5 Å². The van der Waals surface area contributed by atoms with Gasteiger partial charge in [-0.05, 0) is 22.8 Å². The predicted molar refractivity (Wildman–Crippen MR) is 80.1 cm³/mol. The molecule has 3 heteroatoms. The minimum atomic E-state index is -0.382. The van der Waals surface area contributed by atoms with Crippen molar-refractivity contribution < 1.29 is 4.79 Å². The van der Waals surface area contributed by atoms with Crippen LogP contribution >= 0.6 is 0 Å². The molecule has 2 aromatic rings. The maximum Gasteiger partial charge on any atom is 0.225 e. The number of nitrogens with one attached hydrogen (secondary N) is 1. The zero-order chi connectivity index (χ0) is 14.4. The summed E-state index contributed by atoms with van der Waals surface area (Å²) in [5.41, 5.74) is 0.967. The number of carbonyl (C=O) groups excluding carboxylic acids is 1. The van der Waals surface area contributed by atoms with E-state index in [9.17, 15) is 4.79 Å². The molecule has 0 aliphatic heterocycles. The minimum Gasteiger partial charge on any atom is -0.340 e. The summed E-state index contributed by atoms with van der Waals surface area (Å²) in [5, 5.41) is 14.0. The van der Waals surface area contributed by atoms with Crippen molar-refractivity contribution in [1.29, 1.82) is 5.26 Å². The first kappa shape index (κ1) is 14.1. The number of carbonyl (C=O) groups is 1. The Morgan fingerprint density at radius 1 is 1.25 bits per heavy atom. The van der Waals surface area contributed by atoms with Gasteiger partial charge >= 0.3 is 0 Å². The monoisotopic (exact) mass is 266 g/mol. The van der Waals surface area contributed by atoms with Crippen molar-refractivity contribution in [3.05, 3.63) is 48.0 Å². The number of fused-ring (bicyclic) bond motifs is 1. The van der Waals surface area contributed by atoms with Gasteiger partial charge in [-0.15, -0.1) is 0 Å². The van der Waals surface area contributed by atoms with Crippen LogP contribution in [0.25, 0.3) is 10.8 Å². The zero-order valence-corrected chi connectivity index (χ0v) is 11.6. The predicted octanol–water partition coefficient (Wildman–Crippen LogP) is 3.19. The molecule has 0 fully saturated rings. The third kappa shape index (κ3) is 3.58. The summed E-state index contributed by atoms with van der Waals surface area (Å²) in [4.78, 5) is 11.9. The van der Waals surface area contributed by atoms with E-state index in [0.717, 1.165) is 22.8 Å². The summed E-state index contributed by atoms with van der Waals surface area (Å²) in [5.74, 6) is -0.0970. The summed E-state index contributed by atoms with van der Waals surface area (Å²) in [6.07, 6.45) is 1.89. The van der Waals surface area contributed by atoms with Gasteiger partial charge in [0, 0.05) is 0 Å².